The molecule has 4 rings (SSSR count). The molecule has 1 amide bonds. The summed E-state index contributed by atoms with van der Waals surface area (Å²) >= 11 is 1.56. The molecule has 1 fully saturated rings. The van der Waals surface area contributed by atoms with Crippen molar-refractivity contribution in [3.05, 3.63) is 95.1 Å². The van der Waals surface area contributed by atoms with Gasteiger partial charge in [0.25, 0.3) is 5.91 Å². The maximum Gasteiger partial charge on any atom is 0.326 e. The van der Waals surface area contributed by atoms with Gasteiger partial charge in [0, 0.05) is 30.8 Å². The van der Waals surface area contributed by atoms with Gasteiger partial charge in [-0.2, -0.15) is 11.8 Å². The first-order chi connectivity index (χ1) is 19.0. The molecular formula is C32H38LiN2O4S. The quantitative estimate of drug-likeness (QED) is 0.265. The fourth-order valence-corrected chi connectivity index (χ4v) is 5.50. The largest absolute Gasteiger partial charge is 0.480 e. The molecule has 1 aliphatic rings. The molecule has 0 saturated carbocycles. The van der Waals surface area contributed by atoms with Crippen molar-refractivity contribution in [2.45, 2.75) is 50.9 Å². The molecule has 40 heavy (non-hydrogen) atoms. The predicted octanol–water partition coefficient (Wildman–Crippen LogP) is 5.27. The van der Waals surface area contributed by atoms with E-state index in [1.54, 1.807) is 11.8 Å². The molecule has 1 heterocycles. The van der Waals surface area contributed by atoms with E-state index in [4.69, 9.17) is 4.74 Å². The van der Waals surface area contributed by atoms with Crippen LogP contribution in [0.15, 0.2) is 72.8 Å². The van der Waals surface area contributed by atoms with Crippen LogP contribution in [0.1, 0.15) is 52.4 Å². The summed E-state index contributed by atoms with van der Waals surface area (Å²) in [7, 11) is 0. The molecule has 6 nitrogen and oxygen atoms in total. The monoisotopic (exact) mass is 553 g/mol. The molecule has 1 aliphatic heterocycles. The molecule has 3 aromatic carbocycles. The van der Waals surface area contributed by atoms with E-state index in [2.05, 4.69) is 28.8 Å². The van der Waals surface area contributed by atoms with E-state index < -0.39 is 12.0 Å². The van der Waals surface area contributed by atoms with Gasteiger partial charge in [-0.25, -0.2) is 4.79 Å². The zero-order valence-electron chi connectivity index (χ0n) is 23.7. The van der Waals surface area contributed by atoms with Crippen LogP contribution < -0.4 is 10.6 Å². The smallest absolute Gasteiger partial charge is 0.326 e. The van der Waals surface area contributed by atoms with Gasteiger partial charge in [-0.1, -0.05) is 60.7 Å². The molecule has 0 aliphatic carbocycles. The second-order valence-electron chi connectivity index (χ2n) is 10.0. The first-order valence-corrected chi connectivity index (χ1v) is 15.0. The number of carbonyl (C=O) groups excluding carboxylic acids is 1. The van der Waals surface area contributed by atoms with Gasteiger partial charge in [-0.15, -0.1) is 0 Å². The van der Waals surface area contributed by atoms with E-state index in [1.165, 1.54) is 5.56 Å². The first-order valence-electron chi connectivity index (χ1n) is 13.6. The number of piperidine rings is 1. The van der Waals surface area contributed by atoms with Crippen molar-refractivity contribution < 1.29 is 19.4 Å². The molecule has 1 unspecified atom stereocenters. The number of benzene rings is 3. The molecule has 207 valence electrons. The topological polar surface area (TPSA) is 87.7 Å². The van der Waals surface area contributed by atoms with Gasteiger partial charge in [-0.3, -0.25) is 4.79 Å². The number of aryl methyl sites for hydroxylation is 1. The van der Waals surface area contributed by atoms with Gasteiger partial charge in [0.1, 0.15) is 6.04 Å². The molecule has 1 saturated heterocycles. The molecule has 3 aromatic rings. The van der Waals surface area contributed by atoms with Crippen molar-refractivity contribution in [3.8, 4) is 11.1 Å². The van der Waals surface area contributed by atoms with Crippen LogP contribution in [0.3, 0.4) is 0 Å². The molecule has 0 spiro atoms. The van der Waals surface area contributed by atoms with Crippen molar-refractivity contribution in [1.29, 1.82) is 0 Å². The van der Waals surface area contributed by atoms with Crippen LogP contribution in [-0.2, 0) is 16.0 Å². The third-order valence-corrected chi connectivity index (χ3v) is 7.86. The van der Waals surface area contributed by atoms with Crippen LogP contribution in [-0.4, -0.2) is 73.1 Å². The third-order valence-electron chi connectivity index (χ3n) is 7.22. The second kappa shape index (κ2) is 16.0. The van der Waals surface area contributed by atoms with Gasteiger partial charge in [0.2, 0.25) is 0 Å². The number of thioether (sulfide) groups is 1. The Morgan fingerprint density at radius 3 is 2.40 bits per heavy atom. The minimum atomic E-state index is -1.02. The van der Waals surface area contributed by atoms with E-state index in [0.717, 1.165) is 54.6 Å². The maximum absolute atomic E-state index is 13.5. The predicted molar refractivity (Wildman–Crippen MR) is 164 cm³/mol. The van der Waals surface area contributed by atoms with E-state index in [1.807, 2.05) is 67.8 Å². The van der Waals surface area contributed by atoms with Crippen molar-refractivity contribution in [3.63, 3.8) is 0 Å². The molecule has 8 heteroatoms. The summed E-state index contributed by atoms with van der Waals surface area (Å²) in [6.45, 7) is 3.91. The van der Waals surface area contributed by atoms with Gasteiger partial charge < -0.3 is 20.5 Å². The molecule has 1 radical (unpaired) electrons. The summed E-state index contributed by atoms with van der Waals surface area (Å²) in [6.07, 6.45) is 4.92. The van der Waals surface area contributed by atoms with Crippen LogP contribution >= 0.6 is 11.8 Å². The van der Waals surface area contributed by atoms with E-state index >= 15 is 0 Å². The summed E-state index contributed by atoms with van der Waals surface area (Å²) < 4.78 is 6.72. The summed E-state index contributed by atoms with van der Waals surface area (Å²) in [4.78, 5) is 25.3. The Bertz CT molecular complexity index is 1250. The molecule has 0 aromatic heterocycles. The van der Waals surface area contributed by atoms with Gasteiger partial charge >= 0.3 is 5.97 Å². The number of rotatable bonds is 12. The Balaban J connectivity index is 0.00000441. The number of carboxylic acid groups (broad SMARTS) is 1. The number of hydrogen-bond acceptors (Lipinski definition) is 5. The number of aliphatic carboxylic acids is 1. The van der Waals surface area contributed by atoms with Crippen LogP contribution in [0, 0.1) is 6.92 Å². The summed E-state index contributed by atoms with van der Waals surface area (Å²) in [6, 6.07) is 23.2. The summed E-state index contributed by atoms with van der Waals surface area (Å²) in [5, 5.41) is 15.9. The fourth-order valence-electron chi connectivity index (χ4n) is 5.02. The number of carbonyl (C=O) groups is 2. The average Bonchev–Trinajstić information content (AvgIpc) is 2.96. The summed E-state index contributed by atoms with van der Waals surface area (Å²) in [5.74, 6) is -0.757. The standard InChI is InChI=1S/C32H38N2O4S.Li/c1-22-8-6-7-11-26(22)28-21-24(12-13-27(28)31(35)34-29(32(36)37)16-19-39-2)30(20-23-9-4-3-5-10-23)38-25-14-17-33-18-15-25;/h3-13,21,25,29-30,33H,14-20H2,1-2H3,(H,34,35)(H,36,37);/t29-,30?;/m0./s1. The Labute approximate surface area is 253 Å². The third kappa shape index (κ3) is 8.73. The number of ether oxygens (including phenoxy) is 1. The molecule has 3 N–H and O–H groups in total. The van der Waals surface area contributed by atoms with Crippen LogP contribution in [0.25, 0.3) is 11.1 Å². The average molecular weight is 554 g/mol. The normalized spacial score (nSPS) is 15.1. The minimum Gasteiger partial charge on any atom is -0.480 e. The van der Waals surface area contributed by atoms with E-state index in [0.29, 0.717) is 17.7 Å². The first kappa shape index (κ1) is 32.0. The Morgan fingerprint density at radius 2 is 1.73 bits per heavy atom. The summed E-state index contributed by atoms with van der Waals surface area (Å²) in [5.41, 5.74) is 5.42. The second-order valence-corrected chi connectivity index (χ2v) is 11.0. The van der Waals surface area contributed by atoms with Crippen molar-refractivity contribution in [1.82, 2.24) is 10.6 Å². The van der Waals surface area contributed by atoms with Crippen LogP contribution in [0.5, 0.6) is 0 Å². The van der Waals surface area contributed by atoms with Gasteiger partial charge in [0.05, 0.1) is 12.2 Å². The number of carboxylic acids is 1. The van der Waals surface area contributed by atoms with Crippen LogP contribution in [0.2, 0.25) is 0 Å². The number of hydrogen-bond donors (Lipinski definition) is 3. The number of amides is 1. The van der Waals surface area contributed by atoms with E-state index in [9.17, 15) is 14.7 Å². The van der Waals surface area contributed by atoms with E-state index in [-0.39, 0.29) is 37.0 Å². The fraction of sp³-hybridized carbons (Fsp3) is 0.375. The van der Waals surface area contributed by atoms with Gasteiger partial charge in [0.15, 0.2) is 0 Å². The Kier molecular flexibility index (Phi) is 12.8. The molecule has 2 atom stereocenters. The maximum atomic E-state index is 13.5. The van der Waals surface area contributed by atoms with Crippen molar-refractivity contribution in [2.75, 3.05) is 25.1 Å². The van der Waals surface area contributed by atoms with Crippen LogP contribution in [0.4, 0.5) is 0 Å². The van der Waals surface area contributed by atoms with Crippen molar-refractivity contribution >= 4 is 42.5 Å². The minimum absolute atomic E-state index is 0. The number of nitrogens with one attached hydrogen (secondary N) is 2. The SMILES string of the molecule is CSCC[C@H](NC(=O)c1ccc(C(Cc2ccccc2)OC2CCNCC2)cc1-c1ccccc1C)C(=O)O.[Li]. The zero-order chi connectivity index (χ0) is 27.6. The van der Waals surface area contributed by atoms with Gasteiger partial charge in [-0.05, 0) is 91.2 Å². The van der Waals surface area contributed by atoms with Crippen molar-refractivity contribution in [2.24, 2.45) is 0 Å². The zero-order valence-corrected chi connectivity index (χ0v) is 24.5. The molecular weight excluding hydrogens is 515 g/mol. The Hall–Kier alpha value is -2.53. The Morgan fingerprint density at radius 1 is 1.02 bits per heavy atom. The molecule has 0 bridgehead atoms.